The van der Waals surface area contributed by atoms with Gasteiger partial charge in [0.15, 0.2) is 11.6 Å². The minimum Gasteiger partial charge on any atom is -0.409 e. The number of rotatable bonds is 3. The van der Waals surface area contributed by atoms with Crippen LogP contribution in [0.5, 0.6) is 5.75 Å². The average molecular weight is 317 g/mol. The third kappa shape index (κ3) is 3.80. The standard InChI is InChI=1S/C13H12F3NO3.C2H6/c1-2-6-3-7(17)4-8-9(14)5-10(15)12(11(6)8)20-13(16,18)19;1-2/h3-5,18-19H,2,17H2,1H3;1-2H3. The van der Waals surface area contributed by atoms with Crippen LogP contribution in [0.1, 0.15) is 26.3 Å². The van der Waals surface area contributed by atoms with Gasteiger partial charge in [0.25, 0.3) is 0 Å². The summed E-state index contributed by atoms with van der Waals surface area (Å²) in [5, 5.41) is 17.1. The minimum absolute atomic E-state index is 0.0932. The summed E-state index contributed by atoms with van der Waals surface area (Å²) in [5.74, 6) is -2.95. The summed E-state index contributed by atoms with van der Waals surface area (Å²) < 4.78 is 44.5. The largest absolute Gasteiger partial charge is 0.492 e. The molecule has 0 fully saturated rings. The summed E-state index contributed by atoms with van der Waals surface area (Å²) in [6.07, 6.45) is -3.74. The SMILES string of the molecule is CC.CCc1cc(N)cc2c(F)cc(F)c(OC(O)(O)F)c12. The first kappa shape index (κ1) is 18.1. The van der Waals surface area contributed by atoms with Gasteiger partial charge in [-0.3, -0.25) is 0 Å². The van der Waals surface area contributed by atoms with E-state index in [4.69, 9.17) is 15.9 Å². The van der Waals surface area contributed by atoms with Crippen LogP contribution in [0, 0.1) is 11.6 Å². The molecule has 0 saturated heterocycles. The molecule has 0 bridgehead atoms. The minimum atomic E-state index is -4.07. The summed E-state index contributed by atoms with van der Waals surface area (Å²) in [5.41, 5.74) is 6.24. The predicted molar refractivity (Wildman–Crippen MR) is 77.9 cm³/mol. The van der Waals surface area contributed by atoms with Crippen molar-refractivity contribution in [2.45, 2.75) is 33.4 Å². The molecule has 0 unspecified atom stereocenters. The Labute approximate surface area is 125 Å². The molecule has 0 radical (unpaired) electrons. The number of aryl methyl sites for hydroxylation is 1. The van der Waals surface area contributed by atoms with Gasteiger partial charge in [-0.25, -0.2) is 8.78 Å². The summed E-state index contributed by atoms with van der Waals surface area (Å²) in [6.45, 7) is 5.70. The molecule has 22 heavy (non-hydrogen) atoms. The van der Waals surface area contributed by atoms with E-state index >= 15 is 0 Å². The lowest BCUT2D eigenvalue weighted by Crippen LogP contribution is -2.29. The summed E-state index contributed by atoms with van der Waals surface area (Å²) in [7, 11) is 0. The number of halogens is 3. The third-order valence-corrected chi connectivity index (χ3v) is 2.81. The Balaban J connectivity index is 0.00000116. The molecule has 0 aliphatic heterocycles. The van der Waals surface area contributed by atoms with Gasteiger partial charge in [-0.1, -0.05) is 20.8 Å². The monoisotopic (exact) mass is 317 g/mol. The van der Waals surface area contributed by atoms with Crippen molar-refractivity contribution in [3.8, 4) is 5.75 Å². The van der Waals surface area contributed by atoms with Gasteiger partial charge < -0.3 is 20.7 Å². The van der Waals surface area contributed by atoms with Gasteiger partial charge >= 0.3 is 6.23 Å². The van der Waals surface area contributed by atoms with Gasteiger partial charge in [0, 0.05) is 22.5 Å². The second kappa shape index (κ2) is 6.85. The van der Waals surface area contributed by atoms with Crippen LogP contribution in [0.25, 0.3) is 10.8 Å². The van der Waals surface area contributed by atoms with Gasteiger partial charge in [0.1, 0.15) is 5.82 Å². The van der Waals surface area contributed by atoms with Crippen molar-refractivity contribution in [2.24, 2.45) is 0 Å². The molecule has 0 aliphatic rings. The molecule has 4 N–H and O–H groups in total. The van der Waals surface area contributed by atoms with Crippen molar-refractivity contribution in [1.82, 2.24) is 0 Å². The van der Waals surface area contributed by atoms with Crippen LogP contribution in [0.3, 0.4) is 0 Å². The fourth-order valence-corrected chi connectivity index (χ4v) is 2.07. The Kier molecular flexibility index (Phi) is 5.62. The summed E-state index contributed by atoms with van der Waals surface area (Å²) >= 11 is 0. The van der Waals surface area contributed by atoms with Crippen molar-refractivity contribution in [1.29, 1.82) is 0 Å². The van der Waals surface area contributed by atoms with Crippen LogP contribution in [0.2, 0.25) is 0 Å². The number of benzene rings is 2. The zero-order chi connectivity index (χ0) is 17.1. The number of hydrogen-bond donors (Lipinski definition) is 3. The molecule has 2 aromatic carbocycles. The number of hydrogen-bond acceptors (Lipinski definition) is 4. The maximum Gasteiger partial charge on any atom is 0.492 e. The molecule has 7 heteroatoms. The summed E-state index contributed by atoms with van der Waals surface area (Å²) in [6, 6.07) is 3.13. The maximum absolute atomic E-state index is 13.8. The molecule has 0 saturated carbocycles. The summed E-state index contributed by atoms with van der Waals surface area (Å²) in [4.78, 5) is 0. The quantitative estimate of drug-likeness (QED) is 0.600. The van der Waals surface area contributed by atoms with E-state index in [0.717, 1.165) is 0 Å². The molecule has 2 aromatic rings. The van der Waals surface area contributed by atoms with Gasteiger partial charge in [-0.2, -0.15) is 0 Å². The van der Waals surface area contributed by atoms with Crippen LogP contribution < -0.4 is 10.5 Å². The highest BCUT2D eigenvalue weighted by atomic mass is 19.2. The van der Waals surface area contributed by atoms with E-state index in [2.05, 4.69) is 4.74 Å². The molecule has 0 spiro atoms. The normalized spacial score (nSPS) is 11.1. The number of nitrogen functional groups attached to an aromatic ring is 1. The number of ether oxygens (including phenoxy) is 1. The topological polar surface area (TPSA) is 75.7 Å². The van der Waals surface area contributed by atoms with E-state index in [0.29, 0.717) is 18.1 Å². The fourth-order valence-electron chi connectivity index (χ4n) is 2.07. The van der Waals surface area contributed by atoms with Crippen molar-refractivity contribution in [2.75, 3.05) is 5.73 Å². The van der Waals surface area contributed by atoms with Gasteiger partial charge in [0.05, 0.1) is 0 Å². The lowest BCUT2D eigenvalue weighted by Gasteiger charge is -2.18. The molecule has 0 aromatic heterocycles. The highest BCUT2D eigenvalue weighted by Crippen LogP contribution is 2.37. The molecule has 0 heterocycles. The van der Waals surface area contributed by atoms with Crippen LogP contribution in [-0.4, -0.2) is 16.4 Å². The first-order valence-electron chi connectivity index (χ1n) is 6.75. The molecule has 0 amide bonds. The Morgan fingerprint density at radius 2 is 1.73 bits per heavy atom. The molecule has 2 rings (SSSR count). The van der Waals surface area contributed by atoms with Crippen LogP contribution in [0.4, 0.5) is 18.9 Å². The zero-order valence-corrected chi connectivity index (χ0v) is 12.5. The smallest absolute Gasteiger partial charge is 0.409 e. The van der Waals surface area contributed by atoms with E-state index in [1.54, 1.807) is 6.92 Å². The van der Waals surface area contributed by atoms with E-state index in [1.807, 2.05) is 13.8 Å². The van der Waals surface area contributed by atoms with Crippen molar-refractivity contribution in [3.05, 3.63) is 35.4 Å². The van der Waals surface area contributed by atoms with Crippen LogP contribution >= 0.6 is 0 Å². The highest BCUT2D eigenvalue weighted by Gasteiger charge is 2.29. The Bertz CT molecular complexity index is 669. The lowest BCUT2D eigenvalue weighted by atomic mass is 10.00. The first-order chi connectivity index (χ1) is 10.2. The lowest BCUT2D eigenvalue weighted by molar-refractivity contribution is -0.375. The zero-order valence-electron chi connectivity index (χ0n) is 12.5. The second-order valence-electron chi connectivity index (χ2n) is 4.26. The van der Waals surface area contributed by atoms with Crippen molar-refractivity contribution < 1.29 is 28.1 Å². The number of anilines is 1. The van der Waals surface area contributed by atoms with E-state index in [-0.39, 0.29) is 16.5 Å². The molecule has 4 nitrogen and oxygen atoms in total. The average Bonchev–Trinajstić information content (AvgIpc) is 2.43. The van der Waals surface area contributed by atoms with Crippen molar-refractivity contribution >= 4 is 16.5 Å². The molecule has 122 valence electrons. The van der Waals surface area contributed by atoms with E-state index in [1.165, 1.54) is 12.1 Å². The molecular weight excluding hydrogens is 299 g/mol. The number of alkyl halides is 1. The second-order valence-corrected chi connectivity index (χ2v) is 4.26. The van der Waals surface area contributed by atoms with Crippen molar-refractivity contribution in [3.63, 3.8) is 0 Å². The van der Waals surface area contributed by atoms with E-state index < -0.39 is 23.6 Å². The number of nitrogens with two attached hydrogens (primary N) is 1. The van der Waals surface area contributed by atoms with Crippen LogP contribution in [-0.2, 0) is 6.42 Å². The molecular formula is C15H18F3NO3. The first-order valence-corrected chi connectivity index (χ1v) is 6.75. The number of aliphatic hydroxyl groups is 2. The third-order valence-electron chi connectivity index (χ3n) is 2.81. The highest BCUT2D eigenvalue weighted by molar-refractivity contribution is 5.94. The van der Waals surface area contributed by atoms with Crippen LogP contribution in [0.15, 0.2) is 18.2 Å². The molecule has 0 atom stereocenters. The van der Waals surface area contributed by atoms with Gasteiger partial charge in [-0.05, 0) is 24.1 Å². The van der Waals surface area contributed by atoms with Gasteiger partial charge in [-0.15, -0.1) is 4.39 Å². The number of fused-ring (bicyclic) bond motifs is 1. The Morgan fingerprint density at radius 1 is 1.14 bits per heavy atom. The maximum atomic E-state index is 13.8. The predicted octanol–water partition coefficient (Wildman–Crippen LogP) is 3.23. The Morgan fingerprint density at radius 3 is 2.23 bits per heavy atom. The Hall–Kier alpha value is -1.99. The molecule has 0 aliphatic carbocycles. The van der Waals surface area contributed by atoms with Gasteiger partial charge in [0.2, 0.25) is 0 Å². The fraction of sp³-hybridized carbons (Fsp3) is 0.333. The van der Waals surface area contributed by atoms with E-state index in [9.17, 15) is 13.2 Å².